The van der Waals surface area contributed by atoms with Gasteiger partial charge in [0.05, 0.1) is 0 Å². The van der Waals surface area contributed by atoms with E-state index >= 15 is 0 Å². The molecule has 0 aliphatic carbocycles. The van der Waals surface area contributed by atoms with Crippen molar-refractivity contribution in [2.75, 3.05) is 0 Å². The van der Waals surface area contributed by atoms with Gasteiger partial charge in [0.1, 0.15) is 0 Å². The summed E-state index contributed by atoms with van der Waals surface area (Å²) in [6.45, 7) is 53.1. The third-order valence-electron chi connectivity index (χ3n) is 0.250. The Hall–Kier alpha value is 3.38. The molecular formula is C20H42Y4-8. The van der Waals surface area contributed by atoms with Gasteiger partial charge in [0.15, 0.2) is 0 Å². The number of hydrogen-bond donors (Lipinski definition) is 0. The van der Waals surface area contributed by atoms with Gasteiger partial charge in [0.2, 0.25) is 0 Å². The fourth-order valence-electron chi connectivity index (χ4n) is 0. The van der Waals surface area contributed by atoms with Gasteiger partial charge in [0, 0.05) is 131 Å². The molecule has 0 aromatic rings. The molecule has 0 rings (SSSR count). The summed E-state index contributed by atoms with van der Waals surface area (Å²) in [7, 11) is 0. The van der Waals surface area contributed by atoms with E-state index in [0.717, 1.165) is 12.8 Å². The van der Waals surface area contributed by atoms with Crippen molar-refractivity contribution >= 4 is 0 Å². The van der Waals surface area contributed by atoms with Gasteiger partial charge < -0.3 is 54.7 Å². The molecule has 0 unspecified atom stereocenters. The zero-order valence-corrected chi connectivity index (χ0v) is 28.7. The smallest absolute Gasteiger partial charge is 0 e. The van der Waals surface area contributed by atoms with Crippen molar-refractivity contribution in [2.45, 2.75) is 40.5 Å². The molecule has 0 bridgehead atoms. The Morgan fingerprint density at radius 3 is 0.500 bits per heavy atom. The van der Waals surface area contributed by atoms with Crippen LogP contribution in [0.5, 0.6) is 0 Å². The molecule has 0 heterocycles. The van der Waals surface area contributed by atoms with E-state index in [-0.39, 0.29) is 131 Å². The van der Waals surface area contributed by atoms with Gasteiger partial charge in [0.25, 0.3) is 0 Å². The van der Waals surface area contributed by atoms with E-state index in [9.17, 15) is 0 Å². The zero-order chi connectivity index (χ0) is 19.4. The first kappa shape index (κ1) is 92.2. The molecule has 4 radical (unpaired) electrons. The minimum Gasteiger partial charge on any atom is -0.521 e. The fraction of sp³-hybridized carbons (Fsp3) is 0.300. The van der Waals surface area contributed by atoms with Crippen molar-refractivity contribution in [3.8, 4) is 0 Å². The maximum Gasteiger partial charge on any atom is 0 e. The second-order valence-electron chi connectivity index (χ2n) is 0.707. The van der Waals surface area contributed by atoms with Crippen LogP contribution in [0.3, 0.4) is 0 Å². The average molecular weight is 638 g/mol. The predicted molar refractivity (Wildman–Crippen MR) is 106 cm³/mol. The SMILES string of the molecule is C=C.C=C.[CH-]=C.[CH-]=C.[CH2-]C.[CH2-]C.[CH2-]C.[CH2-]C.[CH2-]CC[CH2-].[Y].[Y].[Y].[Y]. The standard InChI is InChI=1S/C4H8.4C2H5.2C2H4.2C2H3.4Y/c1-3-4-2;8*1-2;;;;/h1-4H2;4*1H2,2H3;2*1-2H2;2*1H,2H2;;;;/q-2;4*-1;;;2*-1;;;;. The summed E-state index contributed by atoms with van der Waals surface area (Å²) in [5, 5.41) is 0. The summed E-state index contributed by atoms with van der Waals surface area (Å²) in [5.74, 6) is 0. The van der Waals surface area contributed by atoms with Crippen molar-refractivity contribution in [1.29, 1.82) is 0 Å². The quantitative estimate of drug-likeness (QED) is 0.205. The minimum absolute atomic E-state index is 0. The van der Waals surface area contributed by atoms with Crippen molar-refractivity contribution < 1.29 is 131 Å². The van der Waals surface area contributed by atoms with Crippen LogP contribution in [0.4, 0.5) is 0 Å². The summed E-state index contributed by atoms with van der Waals surface area (Å²) < 4.78 is 0. The fourth-order valence-corrected chi connectivity index (χ4v) is 0. The Morgan fingerprint density at radius 1 is 0.458 bits per heavy atom. The monoisotopic (exact) mass is 638 g/mol. The maximum atomic E-state index is 4.25. The normalized spacial score (nSPS) is 2.92. The van der Waals surface area contributed by atoms with Gasteiger partial charge in [-0.3, -0.25) is 13.2 Å². The van der Waals surface area contributed by atoms with Gasteiger partial charge in [-0.2, -0.15) is 27.7 Å². The van der Waals surface area contributed by atoms with Crippen molar-refractivity contribution in [2.24, 2.45) is 0 Å². The summed E-state index contributed by atoms with van der Waals surface area (Å²) in [6.07, 6.45) is 1.92. The van der Waals surface area contributed by atoms with Gasteiger partial charge in [-0.25, -0.2) is 12.8 Å². The molecule has 142 valence electrons. The molecule has 0 saturated carbocycles. The molecule has 0 spiro atoms. The third kappa shape index (κ3) is 788. The van der Waals surface area contributed by atoms with Crippen LogP contribution in [-0.4, -0.2) is 0 Å². The van der Waals surface area contributed by atoms with E-state index in [1.54, 1.807) is 27.7 Å². The molecule has 0 atom stereocenters. The molecule has 0 aromatic heterocycles. The Balaban J connectivity index is -0.00000000514. The van der Waals surface area contributed by atoms with E-state index in [4.69, 9.17) is 0 Å². The van der Waals surface area contributed by atoms with Gasteiger partial charge in [-0.15, -0.1) is 26.3 Å². The van der Waals surface area contributed by atoms with Crippen molar-refractivity contribution in [1.82, 2.24) is 0 Å². The van der Waals surface area contributed by atoms with Crippen molar-refractivity contribution in [3.63, 3.8) is 0 Å². The van der Waals surface area contributed by atoms with E-state index < -0.39 is 0 Å². The van der Waals surface area contributed by atoms with Gasteiger partial charge in [-0.05, 0) is 0 Å². The minimum atomic E-state index is 0. The first-order valence-corrected chi connectivity index (χ1v) is 6.14. The molecule has 0 N–H and O–H groups in total. The van der Waals surface area contributed by atoms with Crippen LogP contribution in [0, 0.1) is 54.7 Å². The van der Waals surface area contributed by atoms with Gasteiger partial charge in [-0.1, -0.05) is 0 Å². The van der Waals surface area contributed by atoms with Crippen LogP contribution in [0.1, 0.15) is 40.5 Å². The topological polar surface area (TPSA) is 0 Å². The predicted octanol–water partition coefficient (Wildman–Crippen LogP) is 7.60. The molecule has 0 aliphatic heterocycles. The molecular weight excluding hydrogens is 596 g/mol. The molecule has 0 saturated heterocycles. The number of rotatable bonds is 1. The second kappa shape index (κ2) is 588. The molecule has 0 aromatic carbocycles. The van der Waals surface area contributed by atoms with Crippen molar-refractivity contribution in [3.05, 3.63) is 94.2 Å². The van der Waals surface area contributed by atoms with Crippen LogP contribution in [0.2, 0.25) is 0 Å². The van der Waals surface area contributed by atoms with Gasteiger partial charge >= 0.3 is 0 Å². The van der Waals surface area contributed by atoms with Crippen LogP contribution in [0.25, 0.3) is 0 Å². The molecule has 0 fully saturated rings. The molecule has 0 aliphatic rings. The van der Waals surface area contributed by atoms with Crippen LogP contribution in [0.15, 0.2) is 39.5 Å². The zero-order valence-electron chi connectivity index (χ0n) is 17.4. The first-order valence-electron chi connectivity index (χ1n) is 6.14. The third-order valence-corrected chi connectivity index (χ3v) is 0.250. The number of unbranched alkanes of at least 4 members (excludes halogenated alkanes) is 1. The Kier molecular flexibility index (Phi) is 2260. The van der Waals surface area contributed by atoms with E-state index in [1.807, 2.05) is 0 Å². The molecule has 4 heteroatoms. The van der Waals surface area contributed by atoms with E-state index in [0.29, 0.717) is 0 Å². The van der Waals surface area contributed by atoms with Crippen LogP contribution in [-0.2, 0) is 131 Å². The molecule has 24 heavy (non-hydrogen) atoms. The van der Waals surface area contributed by atoms with Crippen LogP contribution >= 0.6 is 0 Å². The largest absolute Gasteiger partial charge is 0.521 e. The first-order chi connectivity index (χ1) is 9.91. The summed E-state index contributed by atoms with van der Waals surface area (Å²) in [5.41, 5.74) is 0. The summed E-state index contributed by atoms with van der Waals surface area (Å²) in [6, 6.07) is 0. The van der Waals surface area contributed by atoms with E-state index in [2.05, 4.69) is 94.2 Å². The molecule has 0 amide bonds. The van der Waals surface area contributed by atoms with E-state index in [1.165, 1.54) is 0 Å². The Morgan fingerprint density at radius 2 is 0.500 bits per heavy atom. The molecule has 0 nitrogen and oxygen atoms in total. The second-order valence-corrected chi connectivity index (χ2v) is 0.707. The maximum absolute atomic E-state index is 4.25. The Bertz CT molecular complexity index is 36.6. The Labute approximate surface area is 260 Å². The summed E-state index contributed by atoms with van der Waals surface area (Å²) in [4.78, 5) is 0. The average Bonchev–Trinajstić information content (AvgIpc) is 2.68. The number of hydrogen-bond acceptors (Lipinski definition) is 0. The van der Waals surface area contributed by atoms with Crippen LogP contribution < -0.4 is 0 Å². The summed E-state index contributed by atoms with van der Waals surface area (Å²) >= 11 is 0.